The van der Waals surface area contributed by atoms with E-state index in [0.717, 1.165) is 21.5 Å². The van der Waals surface area contributed by atoms with Gasteiger partial charge in [0.1, 0.15) is 0 Å². The number of rotatable bonds is 6. The smallest absolute Gasteiger partial charge is 0.339 e. The summed E-state index contributed by atoms with van der Waals surface area (Å²) < 4.78 is 6.86. The Labute approximate surface area is 184 Å². The molecule has 0 atom stereocenters. The monoisotopic (exact) mass is 431 g/mol. The Kier molecular flexibility index (Phi) is 6.04. The number of hydrogen-bond donors (Lipinski definition) is 1. The molecule has 0 aliphatic carbocycles. The molecule has 6 nitrogen and oxygen atoms in total. The van der Waals surface area contributed by atoms with Crippen molar-refractivity contribution in [2.24, 2.45) is 7.05 Å². The number of esters is 1. The Bertz CT molecular complexity index is 1270. The van der Waals surface area contributed by atoms with Gasteiger partial charge in [0.05, 0.1) is 18.4 Å². The maximum atomic E-state index is 13.0. The molecule has 0 bridgehead atoms. The first kappa shape index (κ1) is 20.7. The first-order valence-corrected chi connectivity index (χ1v) is 10.7. The highest BCUT2D eigenvalue weighted by Gasteiger charge is 2.16. The van der Waals surface area contributed by atoms with E-state index in [9.17, 15) is 9.59 Å². The molecule has 0 fully saturated rings. The van der Waals surface area contributed by atoms with Crippen molar-refractivity contribution < 1.29 is 14.3 Å². The maximum absolute atomic E-state index is 13.0. The number of aromatic nitrogens is 2. The summed E-state index contributed by atoms with van der Waals surface area (Å²) in [5.41, 5.74) is 2.26. The first-order chi connectivity index (χ1) is 15.0. The number of aryl methyl sites for hydroxylation is 1. The van der Waals surface area contributed by atoms with Crippen molar-refractivity contribution in [3.63, 3.8) is 0 Å². The lowest BCUT2D eigenvalue weighted by molar-refractivity contribution is 0.0602. The van der Waals surface area contributed by atoms with Crippen molar-refractivity contribution in [2.45, 2.75) is 10.9 Å². The van der Waals surface area contributed by atoms with Gasteiger partial charge in [-0.3, -0.25) is 4.79 Å². The molecule has 0 aliphatic heterocycles. The summed E-state index contributed by atoms with van der Waals surface area (Å²) in [6.07, 6.45) is 3.66. The van der Waals surface area contributed by atoms with Gasteiger partial charge in [-0.2, -0.15) is 0 Å². The third-order valence-electron chi connectivity index (χ3n) is 4.87. The van der Waals surface area contributed by atoms with Crippen LogP contribution in [0.4, 0.5) is 5.69 Å². The van der Waals surface area contributed by atoms with Gasteiger partial charge in [-0.15, -0.1) is 0 Å². The number of fused-ring (bicyclic) bond motifs is 1. The van der Waals surface area contributed by atoms with Crippen molar-refractivity contribution in [1.29, 1.82) is 0 Å². The van der Waals surface area contributed by atoms with E-state index in [0.29, 0.717) is 22.6 Å². The quantitative estimate of drug-likeness (QED) is 0.347. The van der Waals surface area contributed by atoms with Gasteiger partial charge in [0, 0.05) is 30.8 Å². The van der Waals surface area contributed by atoms with Crippen LogP contribution in [0.1, 0.15) is 26.3 Å². The van der Waals surface area contributed by atoms with E-state index in [-0.39, 0.29) is 5.91 Å². The van der Waals surface area contributed by atoms with Gasteiger partial charge in [-0.25, -0.2) is 9.78 Å². The lowest BCUT2D eigenvalue weighted by Gasteiger charge is -2.12. The molecule has 1 N–H and O–H groups in total. The molecule has 3 aromatic carbocycles. The van der Waals surface area contributed by atoms with E-state index in [1.165, 1.54) is 7.11 Å². The zero-order chi connectivity index (χ0) is 21.8. The molecule has 1 amide bonds. The maximum Gasteiger partial charge on any atom is 0.339 e. The molecule has 156 valence electrons. The Morgan fingerprint density at radius 3 is 2.55 bits per heavy atom. The number of thioether (sulfide) groups is 1. The molecule has 0 unspecified atom stereocenters. The number of amides is 1. The normalized spacial score (nSPS) is 10.8. The van der Waals surface area contributed by atoms with Gasteiger partial charge in [0.15, 0.2) is 5.16 Å². The number of ether oxygens (including phenoxy) is 1. The van der Waals surface area contributed by atoms with Crippen LogP contribution in [0.15, 0.2) is 78.2 Å². The Morgan fingerprint density at radius 1 is 1.06 bits per heavy atom. The van der Waals surface area contributed by atoms with Crippen LogP contribution < -0.4 is 5.32 Å². The molecular weight excluding hydrogens is 410 g/mol. The van der Waals surface area contributed by atoms with Crippen LogP contribution in [0, 0.1) is 0 Å². The number of carbonyl (C=O) groups is 2. The molecule has 0 aliphatic rings. The topological polar surface area (TPSA) is 73.2 Å². The summed E-state index contributed by atoms with van der Waals surface area (Å²) in [4.78, 5) is 29.6. The molecule has 31 heavy (non-hydrogen) atoms. The average Bonchev–Trinajstić information content (AvgIpc) is 3.21. The summed E-state index contributed by atoms with van der Waals surface area (Å²) in [5.74, 6) is -0.0967. The van der Waals surface area contributed by atoms with E-state index in [2.05, 4.69) is 10.3 Å². The van der Waals surface area contributed by atoms with Gasteiger partial charge < -0.3 is 14.6 Å². The predicted molar refractivity (Wildman–Crippen MR) is 122 cm³/mol. The molecule has 4 rings (SSSR count). The summed E-state index contributed by atoms with van der Waals surface area (Å²) >= 11 is 1.60. The Morgan fingerprint density at radius 2 is 1.84 bits per heavy atom. The molecule has 0 radical (unpaired) electrons. The number of anilines is 1. The average molecular weight is 432 g/mol. The summed E-state index contributed by atoms with van der Waals surface area (Å²) in [6.45, 7) is 0. The highest BCUT2D eigenvalue weighted by Crippen LogP contribution is 2.26. The number of carbonyl (C=O) groups excluding carboxylic acids is 2. The highest BCUT2D eigenvalue weighted by atomic mass is 32.2. The van der Waals surface area contributed by atoms with Crippen molar-refractivity contribution in [3.05, 3.63) is 89.7 Å². The number of nitrogens with zero attached hydrogens (tertiary/aromatic N) is 2. The zero-order valence-corrected chi connectivity index (χ0v) is 18.0. The standard InChI is InChI=1S/C24H21N3O3S/c1-27-11-10-25-24(27)31-15-16-6-5-9-19(12-16)22(28)26-21-14-18-8-4-3-7-17(18)13-20(21)23(29)30-2/h3-14H,15H2,1-2H3,(H,26,28). The van der Waals surface area contributed by atoms with Crippen LogP contribution in [0.25, 0.3) is 10.8 Å². The lowest BCUT2D eigenvalue weighted by Crippen LogP contribution is -2.15. The van der Waals surface area contributed by atoms with E-state index in [4.69, 9.17) is 4.74 Å². The first-order valence-electron chi connectivity index (χ1n) is 9.66. The molecular formula is C24H21N3O3S. The summed E-state index contributed by atoms with van der Waals surface area (Å²) in [7, 11) is 3.27. The van der Waals surface area contributed by atoms with Crippen LogP contribution in [-0.4, -0.2) is 28.5 Å². The minimum Gasteiger partial charge on any atom is -0.465 e. The third kappa shape index (κ3) is 4.62. The fourth-order valence-corrected chi connectivity index (χ4v) is 4.13. The minimum absolute atomic E-state index is 0.288. The van der Waals surface area contributed by atoms with E-state index < -0.39 is 5.97 Å². The number of benzene rings is 3. The van der Waals surface area contributed by atoms with Crippen LogP contribution in [0.5, 0.6) is 0 Å². The summed E-state index contributed by atoms with van der Waals surface area (Å²) in [6, 6.07) is 18.6. The van der Waals surface area contributed by atoms with Crippen LogP contribution in [0.3, 0.4) is 0 Å². The van der Waals surface area contributed by atoms with E-state index in [1.807, 2.05) is 60.3 Å². The number of imidazole rings is 1. The number of methoxy groups -OCH3 is 1. The largest absolute Gasteiger partial charge is 0.465 e. The Balaban J connectivity index is 1.57. The second-order valence-electron chi connectivity index (χ2n) is 7.00. The molecule has 7 heteroatoms. The minimum atomic E-state index is -0.499. The van der Waals surface area contributed by atoms with Crippen LogP contribution in [-0.2, 0) is 17.5 Å². The van der Waals surface area contributed by atoms with E-state index >= 15 is 0 Å². The van der Waals surface area contributed by atoms with Crippen molar-refractivity contribution in [2.75, 3.05) is 12.4 Å². The van der Waals surface area contributed by atoms with Gasteiger partial charge >= 0.3 is 5.97 Å². The Hall–Kier alpha value is -3.58. The fraction of sp³-hybridized carbons (Fsp3) is 0.125. The second-order valence-corrected chi connectivity index (χ2v) is 7.94. The van der Waals surface area contributed by atoms with Crippen molar-refractivity contribution >= 4 is 40.1 Å². The fourth-order valence-electron chi connectivity index (χ4n) is 3.26. The van der Waals surface area contributed by atoms with Crippen molar-refractivity contribution in [3.8, 4) is 0 Å². The molecule has 0 spiro atoms. The van der Waals surface area contributed by atoms with Gasteiger partial charge in [0.25, 0.3) is 5.91 Å². The SMILES string of the molecule is COC(=O)c1cc2ccccc2cc1NC(=O)c1cccc(CSc2nccn2C)c1. The molecule has 1 heterocycles. The molecule has 0 saturated carbocycles. The van der Waals surface area contributed by atoms with Crippen molar-refractivity contribution in [1.82, 2.24) is 9.55 Å². The molecule has 0 saturated heterocycles. The predicted octanol–water partition coefficient (Wildman–Crippen LogP) is 4.90. The lowest BCUT2D eigenvalue weighted by atomic mass is 10.0. The third-order valence-corrected chi connectivity index (χ3v) is 6.00. The second kappa shape index (κ2) is 9.06. The van der Waals surface area contributed by atoms with Gasteiger partial charge in [-0.1, -0.05) is 48.2 Å². The molecule has 4 aromatic rings. The summed E-state index contributed by atoms with van der Waals surface area (Å²) in [5, 5.41) is 5.61. The zero-order valence-electron chi connectivity index (χ0n) is 17.2. The van der Waals surface area contributed by atoms with Gasteiger partial charge in [-0.05, 0) is 40.6 Å². The number of nitrogens with one attached hydrogen (secondary N) is 1. The van der Waals surface area contributed by atoms with Crippen LogP contribution >= 0.6 is 11.8 Å². The number of hydrogen-bond acceptors (Lipinski definition) is 5. The molecule has 1 aromatic heterocycles. The highest BCUT2D eigenvalue weighted by molar-refractivity contribution is 7.98. The van der Waals surface area contributed by atoms with Crippen LogP contribution in [0.2, 0.25) is 0 Å². The van der Waals surface area contributed by atoms with Gasteiger partial charge in [0.2, 0.25) is 0 Å². The van der Waals surface area contributed by atoms with E-state index in [1.54, 1.807) is 36.2 Å².